The highest BCUT2D eigenvalue weighted by atomic mass is 35.5. The molecular weight excluding hydrogens is 203 g/mol. The second-order valence-corrected chi connectivity index (χ2v) is 3.67. The first kappa shape index (κ1) is 9.46. The van der Waals surface area contributed by atoms with Crippen LogP contribution in [0.25, 0.3) is 0 Å². The van der Waals surface area contributed by atoms with E-state index in [1.807, 2.05) is 11.0 Å². The van der Waals surface area contributed by atoms with Crippen LogP contribution in [0.3, 0.4) is 0 Å². The summed E-state index contributed by atoms with van der Waals surface area (Å²) in [5.41, 5.74) is 0. The van der Waals surface area contributed by atoms with Crippen LogP contribution in [0.1, 0.15) is 6.42 Å². The van der Waals surface area contributed by atoms with Gasteiger partial charge in [0.2, 0.25) is 5.95 Å². The van der Waals surface area contributed by atoms with E-state index in [1.165, 1.54) is 6.07 Å². The molecule has 0 atom stereocenters. The maximum Gasteiger partial charge on any atom is 0.214 e. The van der Waals surface area contributed by atoms with Crippen LogP contribution in [0.4, 0.5) is 10.2 Å². The molecule has 4 heteroatoms. The molecule has 0 amide bonds. The quantitative estimate of drug-likeness (QED) is 0.666. The summed E-state index contributed by atoms with van der Waals surface area (Å²) in [6.45, 7) is 1.46. The topological polar surface area (TPSA) is 16.1 Å². The lowest BCUT2D eigenvalue weighted by molar-refractivity contribution is 0.581. The normalized spacial score (nSPS) is 16.7. The highest BCUT2D eigenvalue weighted by Gasteiger charge is 2.12. The summed E-state index contributed by atoms with van der Waals surface area (Å²) in [4.78, 5) is 5.77. The lowest BCUT2D eigenvalue weighted by atomic mass is 10.2. The van der Waals surface area contributed by atoms with Crippen molar-refractivity contribution in [1.29, 1.82) is 0 Å². The number of pyridine rings is 1. The van der Waals surface area contributed by atoms with Gasteiger partial charge in [0.25, 0.3) is 0 Å². The fourth-order valence-electron chi connectivity index (χ4n) is 1.47. The van der Waals surface area contributed by atoms with E-state index in [2.05, 4.69) is 4.98 Å². The number of hydrogen-bond donors (Lipinski definition) is 0. The van der Waals surface area contributed by atoms with Crippen molar-refractivity contribution in [3.63, 3.8) is 0 Å². The summed E-state index contributed by atoms with van der Waals surface area (Å²) in [6, 6.07) is 4.79. The van der Waals surface area contributed by atoms with Crippen molar-refractivity contribution in [2.75, 3.05) is 18.0 Å². The standard InChI is InChI=1S/C10H10ClFN2/c11-8-3-2-6-14(7-8)10-5-1-4-9(12)13-10/h1,3-5H,2,6-7H2. The Hall–Kier alpha value is -1.09. The Kier molecular flexibility index (Phi) is 2.68. The van der Waals surface area contributed by atoms with Gasteiger partial charge in [-0.3, -0.25) is 0 Å². The van der Waals surface area contributed by atoms with Crippen LogP contribution in [0.15, 0.2) is 29.3 Å². The van der Waals surface area contributed by atoms with E-state index in [9.17, 15) is 4.39 Å². The second-order valence-electron chi connectivity index (χ2n) is 3.18. The van der Waals surface area contributed by atoms with Crippen LogP contribution in [-0.2, 0) is 0 Å². The zero-order valence-corrected chi connectivity index (χ0v) is 8.34. The van der Waals surface area contributed by atoms with Gasteiger partial charge in [0.15, 0.2) is 0 Å². The molecule has 0 saturated carbocycles. The average Bonchev–Trinajstić information content (AvgIpc) is 2.18. The third kappa shape index (κ3) is 2.04. The zero-order chi connectivity index (χ0) is 9.97. The average molecular weight is 213 g/mol. The molecule has 2 rings (SSSR count). The number of halogens is 2. The monoisotopic (exact) mass is 212 g/mol. The molecule has 74 valence electrons. The highest BCUT2D eigenvalue weighted by molar-refractivity contribution is 6.30. The van der Waals surface area contributed by atoms with E-state index in [-0.39, 0.29) is 0 Å². The summed E-state index contributed by atoms with van der Waals surface area (Å²) in [7, 11) is 0. The number of aromatic nitrogens is 1. The Morgan fingerprint density at radius 2 is 2.29 bits per heavy atom. The van der Waals surface area contributed by atoms with Gasteiger partial charge in [-0.2, -0.15) is 4.39 Å². The first-order chi connectivity index (χ1) is 6.75. The maximum atomic E-state index is 12.8. The van der Waals surface area contributed by atoms with Crippen molar-refractivity contribution < 1.29 is 4.39 Å². The van der Waals surface area contributed by atoms with Crippen molar-refractivity contribution in [3.8, 4) is 0 Å². The number of hydrogen-bond acceptors (Lipinski definition) is 2. The number of nitrogens with zero attached hydrogens (tertiary/aromatic N) is 2. The Bertz CT molecular complexity index is 365. The predicted octanol–water partition coefficient (Wildman–Crippen LogP) is 2.55. The third-order valence-corrected chi connectivity index (χ3v) is 2.40. The maximum absolute atomic E-state index is 12.8. The Labute approximate surface area is 87.0 Å². The number of rotatable bonds is 1. The van der Waals surface area contributed by atoms with Gasteiger partial charge in [0.1, 0.15) is 5.82 Å². The molecule has 0 fully saturated rings. The third-order valence-electron chi connectivity index (χ3n) is 2.13. The van der Waals surface area contributed by atoms with Crippen LogP contribution in [0.5, 0.6) is 0 Å². The molecule has 0 aromatic carbocycles. The van der Waals surface area contributed by atoms with E-state index in [0.29, 0.717) is 12.4 Å². The second kappa shape index (κ2) is 3.96. The van der Waals surface area contributed by atoms with Gasteiger partial charge in [-0.05, 0) is 18.6 Å². The van der Waals surface area contributed by atoms with E-state index in [1.54, 1.807) is 12.1 Å². The van der Waals surface area contributed by atoms with E-state index < -0.39 is 5.95 Å². The molecule has 1 aromatic heterocycles. The van der Waals surface area contributed by atoms with Crippen molar-refractivity contribution in [3.05, 3.63) is 35.3 Å². The van der Waals surface area contributed by atoms with Gasteiger partial charge in [-0.25, -0.2) is 4.98 Å². The van der Waals surface area contributed by atoms with Gasteiger partial charge in [0, 0.05) is 11.6 Å². The molecule has 0 radical (unpaired) electrons. The predicted molar refractivity (Wildman–Crippen MR) is 55.0 cm³/mol. The Balaban J connectivity index is 2.19. The molecule has 0 N–H and O–H groups in total. The van der Waals surface area contributed by atoms with Crippen LogP contribution >= 0.6 is 11.6 Å². The van der Waals surface area contributed by atoms with E-state index in [0.717, 1.165) is 18.0 Å². The lowest BCUT2D eigenvalue weighted by Crippen LogP contribution is -2.29. The zero-order valence-electron chi connectivity index (χ0n) is 7.58. The van der Waals surface area contributed by atoms with Crippen LogP contribution in [0, 0.1) is 5.95 Å². The SMILES string of the molecule is Fc1cccc(N2CCC=C(Cl)C2)n1. The first-order valence-electron chi connectivity index (χ1n) is 4.48. The fourth-order valence-corrected chi connectivity index (χ4v) is 1.73. The van der Waals surface area contributed by atoms with Crippen molar-refractivity contribution in [1.82, 2.24) is 4.98 Å². The van der Waals surface area contributed by atoms with Gasteiger partial charge < -0.3 is 4.90 Å². The summed E-state index contributed by atoms with van der Waals surface area (Å²) in [5.74, 6) is 0.199. The summed E-state index contributed by atoms with van der Waals surface area (Å²) < 4.78 is 12.8. The minimum absolute atomic E-state index is 0.451. The molecule has 0 bridgehead atoms. The summed E-state index contributed by atoms with van der Waals surface area (Å²) in [5, 5.41) is 0.794. The summed E-state index contributed by atoms with van der Waals surface area (Å²) >= 11 is 5.90. The Morgan fingerprint density at radius 3 is 3.00 bits per heavy atom. The molecule has 2 heterocycles. The molecule has 2 nitrogen and oxygen atoms in total. The molecule has 0 spiro atoms. The minimum Gasteiger partial charge on any atom is -0.351 e. The van der Waals surface area contributed by atoms with Gasteiger partial charge in [0.05, 0.1) is 6.54 Å². The van der Waals surface area contributed by atoms with Crippen LogP contribution in [0.2, 0.25) is 0 Å². The van der Waals surface area contributed by atoms with E-state index in [4.69, 9.17) is 11.6 Å². The molecule has 1 aromatic rings. The van der Waals surface area contributed by atoms with Gasteiger partial charge >= 0.3 is 0 Å². The molecule has 0 saturated heterocycles. The summed E-state index contributed by atoms with van der Waals surface area (Å²) in [6.07, 6.45) is 2.87. The van der Waals surface area contributed by atoms with Crippen molar-refractivity contribution in [2.24, 2.45) is 0 Å². The smallest absolute Gasteiger partial charge is 0.214 e. The molecule has 0 aliphatic carbocycles. The fraction of sp³-hybridized carbons (Fsp3) is 0.300. The lowest BCUT2D eigenvalue weighted by Gasteiger charge is -2.25. The molecule has 1 aliphatic heterocycles. The van der Waals surface area contributed by atoms with Crippen LogP contribution in [-0.4, -0.2) is 18.1 Å². The minimum atomic E-state index is -0.451. The molecule has 1 aliphatic rings. The largest absolute Gasteiger partial charge is 0.351 e. The van der Waals surface area contributed by atoms with Crippen LogP contribution < -0.4 is 4.90 Å². The van der Waals surface area contributed by atoms with Gasteiger partial charge in [-0.1, -0.05) is 23.7 Å². The molecule has 14 heavy (non-hydrogen) atoms. The highest BCUT2D eigenvalue weighted by Crippen LogP contribution is 2.19. The molecular formula is C10H10ClFN2. The van der Waals surface area contributed by atoms with Gasteiger partial charge in [-0.15, -0.1) is 0 Å². The Morgan fingerprint density at radius 1 is 1.43 bits per heavy atom. The first-order valence-corrected chi connectivity index (χ1v) is 4.85. The number of anilines is 1. The van der Waals surface area contributed by atoms with E-state index >= 15 is 0 Å². The van der Waals surface area contributed by atoms with Crippen molar-refractivity contribution >= 4 is 17.4 Å². The molecule has 0 unspecified atom stereocenters. The van der Waals surface area contributed by atoms with Crippen molar-refractivity contribution in [2.45, 2.75) is 6.42 Å².